The van der Waals surface area contributed by atoms with E-state index in [-0.39, 0.29) is 11.8 Å². The Morgan fingerprint density at radius 3 is 2.17 bits per heavy atom. The maximum atomic E-state index is 12.3. The van der Waals surface area contributed by atoms with Gasteiger partial charge in [0.25, 0.3) is 0 Å². The molecule has 0 amide bonds. The Labute approximate surface area is 149 Å². The topological polar surface area (TPSA) is 49.4 Å². The van der Waals surface area contributed by atoms with Crippen LogP contribution >= 0.6 is 11.6 Å². The van der Waals surface area contributed by atoms with E-state index in [4.69, 9.17) is 11.6 Å². The second-order valence-electron chi connectivity index (χ2n) is 6.12. The first kappa shape index (κ1) is 18.9. The molecule has 0 saturated carbocycles. The molecule has 4 nitrogen and oxygen atoms in total. The quantitative estimate of drug-likeness (QED) is 0.817. The number of rotatable bonds is 7. The van der Waals surface area contributed by atoms with Crippen LogP contribution in [0.15, 0.2) is 48.5 Å². The van der Waals surface area contributed by atoms with Crippen molar-refractivity contribution in [1.29, 1.82) is 0 Å². The van der Waals surface area contributed by atoms with Crippen LogP contribution in [0.1, 0.15) is 22.7 Å². The first-order valence-electron chi connectivity index (χ1n) is 7.71. The van der Waals surface area contributed by atoms with Gasteiger partial charge in [0.15, 0.2) is 0 Å². The van der Waals surface area contributed by atoms with Crippen LogP contribution < -0.4 is 4.72 Å². The van der Waals surface area contributed by atoms with Crippen LogP contribution in [-0.2, 0) is 15.8 Å². The van der Waals surface area contributed by atoms with Crippen molar-refractivity contribution in [1.82, 2.24) is 9.62 Å². The van der Waals surface area contributed by atoms with E-state index < -0.39 is 10.0 Å². The first-order chi connectivity index (χ1) is 11.3. The van der Waals surface area contributed by atoms with E-state index in [0.717, 1.165) is 16.7 Å². The number of likely N-dealkylation sites (N-methyl/N-ethyl adjacent to an activating group) is 1. The molecular weight excluding hydrogens is 344 g/mol. The highest BCUT2D eigenvalue weighted by molar-refractivity contribution is 7.88. The molecule has 130 valence electrons. The number of nitrogens with one attached hydrogen (secondary N) is 1. The number of hydrogen-bond acceptors (Lipinski definition) is 3. The fourth-order valence-corrected chi connectivity index (χ4v) is 3.72. The minimum absolute atomic E-state index is 0.0198. The highest BCUT2D eigenvalue weighted by Crippen LogP contribution is 2.20. The minimum atomic E-state index is -3.39. The summed E-state index contributed by atoms with van der Waals surface area (Å²) < 4.78 is 27.4. The van der Waals surface area contributed by atoms with Crippen molar-refractivity contribution in [3.8, 4) is 0 Å². The van der Waals surface area contributed by atoms with E-state index in [1.54, 1.807) is 0 Å². The van der Waals surface area contributed by atoms with Gasteiger partial charge >= 0.3 is 0 Å². The van der Waals surface area contributed by atoms with E-state index >= 15 is 0 Å². The largest absolute Gasteiger partial charge is 0.301 e. The Hall–Kier alpha value is -1.40. The first-order valence-corrected chi connectivity index (χ1v) is 9.74. The molecule has 0 aliphatic carbocycles. The normalized spacial score (nSPS) is 13.2. The summed E-state index contributed by atoms with van der Waals surface area (Å²) in [6.45, 7) is 2.28. The highest BCUT2D eigenvalue weighted by atomic mass is 35.5. The van der Waals surface area contributed by atoms with Crippen molar-refractivity contribution >= 4 is 21.6 Å². The van der Waals surface area contributed by atoms with Gasteiger partial charge < -0.3 is 4.90 Å². The molecule has 1 atom stereocenters. The van der Waals surface area contributed by atoms with E-state index in [1.165, 1.54) is 0 Å². The molecule has 0 heterocycles. The van der Waals surface area contributed by atoms with Gasteiger partial charge in [0.05, 0.1) is 5.75 Å². The molecule has 24 heavy (non-hydrogen) atoms. The van der Waals surface area contributed by atoms with Gasteiger partial charge in [0.2, 0.25) is 10.0 Å². The van der Waals surface area contributed by atoms with Gasteiger partial charge in [-0.1, -0.05) is 53.6 Å². The van der Waals surface area contributed by atoms with Crippen molar-refractivity contribution in [2.75, 3.05) is 20.6 Å². The molecule has 0 fully saturated rings. The van der Waals surface area contributed by atoms with Crippen molar-refractivity contribution < 1.29 is 8.42 Å². The summed E-state index contributed by atoms with van der Waals surface area (Å²) in [7, 11) is 0.453. The Balaban J connectivity index is 2.05. The summed E-state index contributed by atoms with van der Waals surface area (Å²) in [6, 6.07) is 14.9. The second kappa shape index (κ2) is 8.12. The monoisotopic (exact) mass is 366 g/mol. The van der Waals surface area contributed by atoms with E-state index in [1.807, 2.05) is 74.4 Å². The molecule has 1 N–H and O–H groups in total. The number of aryl methyl sites for hydroxylation is 1. The SMILES string of the molecule is Cc1ccc(CS(=O)(=O)NCC(c2ccc(Cl)cc2)N(C)C)cc1. The van der Waals surface area contributed by atoms with Crippen LogP contribution in [0.5, 0.6) is 0 Å². The van der Waals surface area contributed by atoms with Gasteiger partial charge in [-0.05, 0) is 44.3 Å². The summed E-state index contributed by atoms with van der Waals surface area (Å²) in [5, 5.41) is 0.663. The van der Waals surface area contributed by atoms with Crippen LogP contribution in [-0.4, -0.2) is 34.0 Å². The predicted octanol–water partition coefficient (Wildman–Crippen LogP) is 3.37. The maximum Gasteiger partial charge on any atom is 0.215 e. The van der Waals surface area contributed by atoms with Crippen molar-refractivity contribution in [3.63, 3.8) is 0 Å². The lowest BCUT2D eigenvalue weighted by atomic mass is 10.1. The van der Waals surface area contributed by atoms with E-state index in [2.05, 4.69) is 4.72 Å². The molecule has 2 rings (SSSR count). The fraction of sp³-hybridized carbons (Fsp3) is 0.333. The summed E-state index contributed by atoms with van der Waals surface area (Å²) >= 11 is 5.92. The molecule has 2 aromatic rings. The average molecular weight is 367 g/mol. The number of nitrogens with zero attached hydrogens (tertiary/aromatic N) is 1. The second-order valence-corrected chi connectivity index (χ2v) is 8.37. The zero-order chi connectivity index (χ0) is 17.7. The minimum Gasteiger partial charge on any atom is -0.301 e. The summed E-state index contributed by atoms with van der Waals surface area (Å²) in [5.74, 6) is -0.0198. The van der Waals surface area contributed by atoms with Gasteiger partial charge in [-0.25, -0.2) is 13.1 Å². The van der Waals surface area contributed by atoms with E-state index in [0.29, 0.717) is 11.6 Å². The Bertz CT molecular complexity index is 757. The van der Waals surface area contributed by atoms with Crippen LogP contribution in [0.25, 0.3) is 0 Å². The molecule has 0 aromatic heterocycles. The number of benzene rings is 2. The van der Waals surface area contributed by atoms with Crippen LogP contribution in [0.4, 0.5) is 0 Å². The van der Waals surface area contributed by atoms with E-state index in [9.17, 15) is 8.42 Å². The highest BCUT2D eigenvalue weighted by Gasteiger charge is 2.18. The molecule has 1 unspecified atom stereocenters. The number of hydrogen-bond donors (Lipinski definition) is 1. The molecule has 2 aromatic carbocycles. The van der Waals surface area contributed by atoms with Crippen molar-refractivity contribution in [2.45, 2.75) is 18.7 Å². The van der Waals surface area contributed by atoms with Crippen molar-refractivity contribution in [3.05, 3.63) is 70.2 Å². The third-order valence-electron chi connectivity index (χ3n) is 3.85. The summed E-state index contributed by atoms with van der Waals surface area (Å²) in [5.41, 5.74) is 2.91. The zero-order valence-corrected chi connectivity index (χ0v) is 15.7. The molecule has 0 spiro atoms. The molecule has 0 radical (unpaired) electrons. The Morgan fingerprint density at radius 1 is 1.04 bits per heavy atom. The average Bonchev–Trinajstić information content (AvgIpc) is 2.51. The third-order valence-corrected chi connectivity index (χ3v) is 5.42. The van der Waals surface area contributed by atoms with Crippen LogP contribution in [0.3, 0.4) is 0 Å². The van der Waals surface area contributed by atoms with Gasteiger partial charge in [-0.3, -0.25) is 0 Å². The lowest BCUT2D eigenvalue weighted by Crippen LogP contribution is -2.35. The third kappa shape index (κ3) is 5.60. The molecular formula is C18H23ClN2O2S. The zero-order valence-electron chi connectivity index (χ0n) is 14.2. The number of halogens is 1. The summed E-state index contributed by atoms with van der Waals surface area (Å²) in [4.78, 5) is 1.98. The molecule has 0 aliphatic heterocycles. The van der Waals surface area contributed by atoms with Gasteiger partial charge in [0.1, 0.15) is 0 Å². The standard InChI is InChI=1S/C18H23ClN2O2S/c1-14-4-6-15(7-5-14)13-24(22,23)20-12-18(21(2)3)16-8-10-17(19)11-9-16/h4-11,18,20H,12-13H2,1-3H3. The fourth-order valence-electron chi connectivity index (χ4n) is 2.44. The Morgan fingerprint density at radius 2 is 1.62 bits per heavy atom. The van der Waals surface area contributed by atoms with Crippen LogP contribution in [0.2, 0.25) is 5.02 Å². The molecule has 0 aliphatic rings. The lowest BCUT2D eigenvalue weighted by Gasteiger charge is -2.25. The van der Waals surface area contributed by atoms with Gasteiger partial charge in [0, 0.05) is 17.6 Å². The smallest absolute Gasteiger partial charge is 0.215 e. The molecule has 6 heteroatoms. The lowest BCUT2D eigenvalue weighted by molar-refractivity contribution is 0.299. The summed E-state index contributed by atoms with van der Waals surface area (Å²) in [6.07, 6.45) is 0. The van der Waals surface area contributed by atoms with Crippen LogP contribution in [0, 0.1) is 6.92 Å². The maximum absolute atomic E-state index is 12.3. The predicted molar refractivity (Wildman–Crippen MR) is 99.7 cm³/mol. The Kier molecular flexibility index (Phi) is 6.40. The van der Waals surface area contributed by atoms with Gasteiger partial charge in [-0.15, -0.1) is 0 Å². The molecule has 0 bridgehead atoms. The number of sulfonamides is 1. The molecule has 0 saturated heterocycles. The van der Waals surface area contributed by atoms with Crippen molar-refractivity contribution in [2.24, 2.45) is 0 Å². The van der Waals surface area contributed by atoms with Gasteiger partial charge in [-0.2, -0.15) is 0 Å².